The van der Waals surface area contributed by atoms with Gasteiger partial charge in [-0.05, 0) is 78.4 Å². The van der Waals surface area contributed by atoms with Crippen molar-refractivity contribution in [2.75, 3.05) is 36.5 Å². The fourth-order valence-corrected chi connectivity index (χ4v) is 5.86. The van der Waals surface area contributed by atoms with E-state index in [-0.39, 0.29) is 29.9 Å². The van der Waals surface area contributed by atoms with Crippen molar-refractivity contribution >= 4 is 21.6 Å². The number of benzene rings is 2. The average molecular weight is 574 g/mol. The number of halogens is 3. The van der Waals surface area contributed by atoms with E-state index in [1.807, 2.05) is 30.3 Å². The maximum absolute atomic E-state index is 13.2. The lowest BCUT2D eigenvalue weighted by Crippen LogP contribution is -2.50. The smallest absolute Gasteiger partial charge is 0.416 e. The van der Waals surface area contributed by atoms with Crippen molar-refractivity contribution in [3.05, 3.63) is 83.6 Å². The summed E-state index contributed by atoms with van der Waals surface area (Å²) in [5.41, 5.74) is 1.23. The van der Waals surface area contributed by atoms with Crippen LogP contribution in [0.3, 0.4) is 0 Å². The van der Waals surface area contributed by atoms with Gasteiger partial charge in [0.05, 0.1) is 17.4 Å². The van der Waals surface area contributed by atoms with Crippen molar-refractivity contribution in [2.24, 2.45) is 5.92 Å². The Morgan fingerprint density at radius 3 is 2.42 bits per heavy atom. The molecule has 0 saturated carbocycles. The van der Waals surface area contributed by atoms with Crippen molar-refractivity contribution in [1.82, 2.24) is 9.88 Å². The van der Waals surface area contributed by atoms with Gasteiger partial charge in [0.25, 0.3) is 0 Å². The lowest BCUT2D eigenvalue weighted by molar-refractivity contribution is -0.137. The SMILES string of the molecule is CS(=O)(=O)CCC(=O)N1CCc2ccc(Oc3ccc(C(F)(F)F)cc3)cc2C1CC1CN(c2ccccn2)C1. The van der Waals surface area contributed by atoms with Gasteiger partial charge >= 0.3 is 6.18 Å². The van der Waals surface area contributed by atoms with E-state index in [1.54, 1.807) is 17.2 Å². The molecule has 1 amide bonds. The molecular weight excluding hydrogens is 543 g/mol. The van der Waals surface area contributed by atoms with Gasteiger partial charge in [0, 0.05) is 38.5 Å². The second kappa shape index (κ2) is 11.1. The molecule has 2 aromatic carbocycles. The molecule has 0 aliphatic carbocycles. The van der Waals surface area contributed by atoms with Crippen LogP contribution in [0.2, 0.25) is 0 Å². The monoisotopic (exact) mass is 573 g/mol. The normalized spacial score (nSPS) is 17.8. The van der Waals surface area contributed by atoms with Crippen molar-refractivity contribution in [3.8, 4) is 11.5 Å². The molecule has 1 aromatic heterocycles. The molecule has 0 radical (unpaired) electrons. The molecule has 3 aromatic rings. The first-order valence-corrected chi connectivity index (χ1v) is 15.1. The molecule has 40 heavy (non-hydrogen) atoms. The quantitative estimate of drug-likeness (QED) is 0.365. The molecule has 0 N–H and O–H groups in total. The Bertz CT molecular complexity index is 1460. The van der Waals surface area contributed by atoms with E-state index >= 15 is 0 Å². The summed E-state index contributed by atoms with van der Waals surface area (Å²) < 4.78 is 68.2. The number of amides is 1. The number of ether oxygens (including phenoxy) is 1. The number of nitrogens with zero attached hydrogens (tertiary/aromatic N) is 3. The van der Waals surface area contributed by atoms with Gasteiger partial charge in [-0.25, -0.2) is 13.4 Å². The molecule has 3 heterocycles. The number of hydrogen-bond donors (Lipinski definition) is 0. The van der Waals surface area contributed by atoms with Crippen LogP contribution in [0, 0.1) is 5.92 Å². The number of pyridine rings is 1. The summed E-state index contributed by atoms with van der Waals surface area (Å²) in [7, 11) is -3.30. The zero-order chi connectivity index (χ0) is 28.5. The first-order valence-electron chi connectivity index (χ1n) is 13.1. The van der Waals surface area contributed by atoms with E-state index in [1.165, 1.54) is 12.1 Å². The molecular formula is C29H30F3N3O4S. The van der Waals surface area contributed by atoms with Crippen LogP contribution in [0.15, 0.2) is 66.9 Å². The Balaban J connectivity index is 1.37. The Hall–Kier alpha value is -3.60. The molecule has 11 heteroatoms. The highest BCUT2D eigenvalue weighted by Gasteiger charge is 2.37. The number of fused-ring (bicyclic) bond motifs is 1. The summed E-state index contributed by atoms with van der Waals surface area (Å²) in [6.45, 7) is 2.06. The molecule has 2 aliphatic rings. The summed E-state index contributed by atoms with van der Waals surface area (Å²) in [5, 5.41) is 0. The Morgan fingerprint density at radius 1 is 1.05 bits per heavy atom. The third-order valence-corrected chi connectivity index (χ3v) is 8.33. The average Bonchev–Trinajstić information content (AvgIpc) is 2.89. The standard InChI is InChI=1S/C29H30F3N3O4S/c1-40(37,38)15-12-28(36)35-14-11-21-5-8-24(39-23-9-6-22(7-10-23)29(30,31)32)17-25(21)26(35)16-20-18-34(19-20)27-4-2-3-13-33-27/h2-10,13,17,20,26H,11-12,14-16,18-19H2,1H3. The topological polar surface area (TPSA) is 79.8 Å². The number of rotatable bonds is 8. The fourth-order valence-electron chi connectivity index (χ4n) is 5.32. The highest BCUT2D eigenvalue weighted by Crippen LogP contribution is 2.40. The largest absolute Gasteiger partial charge is 0.457 e. The summed E-state index contributed by atoms with van der Waals surface area (Å²) in [5.74, 6) is 1.49. The van der Waals surface area contributed by atoms with Gasteiger partial charge in [0.2, 0.25) is 5.91 Å². The number of aromatic nitrogens is 1. The number of carbonyl (C=O) groups is 1. The van der Waals surface area contributed by atoms with Crippen LogP contribution in [0.25, 0.3) is 0 Å². The third kappa shape index (κ3) is 6.57. The first-order chi connectivity index (χ1) is 19.0. The molecule has 1 unspecified atom stereocenters. The lowest BCUT2D eigenvalue weighted by Gasteiger charge is -2.45. The van der Waals surface area contributed by atoms with Gasteiger partial charge in [-0.15, -0.1) is 0 Å². The van der Waals surface area contributed by atoms with Crippen LogP contribution < -0.4 is 9.64 Å². The molecule has 0 bridgehead atoms. The van der Waals surface area contributed by atoms with Gasteiger partial charge in [-0.3, -0.25) is 4.79 Å². The van der Waals surface area contributed by atoms with Gasteiger partial charge < -0.3 is 14.5 Å². The van der Waals surface area contributed by atoms with E-state index in [0.717, 1.165) is 48.4 Å². The van der Waals surface area contributed by atoms with Crippen molar-refractivity contribution in [3.63, 3.8) is 0 Å². The summed E-state index contributed by atoms with van der Waals surface area (Å²) in [6.07, 6.45) is -0.350. The second-order valence-electron chi connectivity index (χ2n) is 10.4. The maximum atomic E-state index is 13.2. The van der Waals surface area contributed by atoms with E-state index in [9.17, 15) is 26.4 Å². The molecule has 0 spiro atoms. The third-order valence-electron chi connectivity index (χ3n) is 7.39. The second-order valence-corrected chi connectivity index (χ2v) is 12.7. The van der Waals surface area contributed by atoms with Gasteiger partial charge in [0.1, 0.15) is 27.2 Å². The first kappa shape index (κ1) is 27.9. The fraction of sp³-hybridized carbons (Fsp3) is 0.379. The van der Waals surface area contributed by atoms with Gasteiger partial charge in [-0.2, -0.15) is 13.2 Å². The zero-order valence-electron chi connectivity index (χ0n) is 22.0. The van der Waals surface area contributed by atoms with Gasteiger partial charge in [-0.1, -0.05) is 12.1 Å². The van der Waals surface area contributed by atoms with Crippen molar-refractivity contribution < 1.29 is 31.1 Å². The molecule has 1 fully saturated rings. The van der Waals surface area contributed by atoms with Crippen LogP contribution in [0.4, 0.5) is 19.0 Å². The number of anilines is 1. The van der Waals surface area contributed by atoms with E-state index in [0.29, 0.717) is 31.1 Å². The van der Waals surface area contributed by atoms with Crippen LogP contribution in [-0.2, 0) is 27.2 Å². The predicted octanol–water partition coefficient (Wildman–Crippen LogP) is 5.28. The van der Waals surface area contributed by atoms with Crippen molar-refractivity contribution in [1.29, 1.82) is 0 Å². The molecule has 5 rings (SSSR count). The summed E-state index contributed by atoms with van der Waals surface area (Å²) in [4.78, 5) is 21.6. The number of sulfone groups is 1. The minimum atomic E-state index is -4.43. The number of carbonyl (C=O) groups excluding carboxylic acids is 1. The van der Waals surface area contributed by atoms with Gasteiger partial charge in [0.15, 0.2) is 0 Å². The predicted molar refractivity (Wildman–Crippen MR) is 145 cm³/mol. The molecule has 2 aliphatic heterocycles. The number of alkyl halides is 3. The minimum absolute atomic E-state index is 0.0862. The summed E-state index contributed by atoms with van der Waals surface area (Å²) >= 11 is 0. The zero-order valence-corrected chi connectivity index (χ0v) is 22.8. The highest BCUT2D eigenvalue weighted by atomic mass is 32.2. The Labute approximate surface area is 231 Å². The molecule has 7 nitrogen and oxygen atoms in total. The highest BCUT2D eigenvalue weighted by molar-refractivity contribution is 7.90. The molecule has 1 saturated heterocycles. The van der Waals surface area contributed by atoms with Crippen LogP contribution >= 0.6 is 0 Å². The van der Waals surface area contributed by atoms with E-state index in [2.05, 4.69) is 9.88 Å². The van der Waals surface area contributed by atoms with Crippen molar-refractivity contribution in [2.45, 2.75) is 31.5 Å². The lowest BCUT2D eigenvalue weighted by atomic mass is 9.83. The summed E-state index contributed by atoms with van der Waals surface area (Å²) in [6, 6.07) is 15.6. The Kier molecular flexibility index (Phi) is 7.76. The number of hydrogen-bond acceptors (Lipinski definition) is 6. The van der Waals surface area contributed by atoms with E-state index in [4.69, 9.17) is 4.74 Å². The van der Waals surface area contributed by atoms with Crippen LogP contribution in [0.1, 0.15) is 35.6 Å². The van der Waals surface area contributed by atoms with E-state index < -0.39 is 21.6 Å². The minimum Gasteiger partial charge on any atom is -0.457 e. The molecule has 1 atom stereocenters. The Morgan fingerprint density at radius 2 is 1.77 bits per heavy atom. The molecule has 212 valence electrons. The van der Waals surface area contributed by atoms with Crippen LogP contribution in [-0.4, -0.2) is 55.9 Å². The maximum Gasteiger partial charge on any atom is 0.416 e. The van der Waals surface area contributed by atoms with Crippen LogP contribution in [0.5, 0.6) is 11.5 Å².